The molecule has 2 amide bonds. The van der Waals surface area contributed by atoms with Gasteiger partial charge in [0.25, 0.3) is 11.8 Å². The summed E-state index contributed by atoms with van der Waals surface area (Å²) in [4.78, 5) is 27.1. The molecule has 0 bridgehead atoms. The van der Waals surface area contributed by atoms with E-state index in [0.29, 0.717) is 29.2 Å². The van der Waals surface area contributed by atoms with Gasteiger partial charge in [-0.25, -0.2) is 5.43 Å². The van der Waals surface area contributed by atoms with E-state index in [1.165, 1.54) is 6.42 Å². The van der Waals surface area contributed by atoms with Crippen LogP contribution in [0.5, 0.6) is 11.5 Å². The van der Waals surface area contributed by atoms with Crippen molar-refractivity contribution in [3.63, 3.8) is 0 Å². The van der Waals surface area contributed by atoms with Crippen LogP contribution in [0, 0.1) is 0 Å². The number of likely N-dealkylation sites (tertiary alicyclic amines) is 1. The fourth-order valence-corrected chi connectivity index (χ4v) is 4.59. The van der Waals surface area contributed by atoms with Crippen molar-refractivity contribution in [3.8, 4) is 17.2 Å². The Labute approximate surface area is 233 Å². The Morgan fingerprint density at radius 3 is 2.27 bits per heavy atom. The molecule has 8 nitrogen and oxygen atoms in total. The van der Waals surface area contributed by atoms with Crippen molar-refractivity contribution < 1.29 is 19.1 Å². The van der Waals surface area contributed by atoms with E-state index in [2.05, 4.69) is 10.5 Å². The standard InChI is InChI=1S/C32H32N4O4/c1-39-30-21-25(22-33-34-31(37)26-12-14-28(15-13-26)35-17-5-6-18-35)9-16-29(30)40-23-24-7-10-27(11-8-24)32(38)36-19-3-2-4-20-36/h5-18,21-22H,2-4,19-20,23H2,1H3,(H,34,37)/b33-22+. The van der Waals surface area contributed by atoms with Gasteiger partial charge in [-0.1, -0.05) is 12.1 Å². The van der Waals surface area contributed by atoms with Crippen LogP contribution in [0.1, 0.15) is 51.1 Å². The number of piperidine rings is 1. The number of nitrogens with zero attached hydrogens (tertiary/aromatic N) is 3. The summed E-state index contributed by atoms with van der Waals surface area (Å²) < 4.78 is 13.5. The van der Waals surface area contributed by atoms with Gasteiger partial charge in [0.05, 0.1) is 13.3 Å². The Hall–Kier alpha value is -4.85. The minimum Gasteiger partial charge on any atom is -0.493 e. The highest BCUT2D eigenvalue weighted by Crippen LogP contribution is 2.28. The Morgan fingerprint density at radius 1 is 0.875 bits per heavy atom. The lowest BCUT2D eigenvalue weighted by Gasteiger charge is -2.26. The van der Waals surface area contributed by atoms with Crippen LogP contribution in [-0.2, 0) is 6.61 Å². The number of carbonyl (C=O) groups is 2. The number of amides is 2. The van der Waals surface area contributed by atoms with E-state index in [1.54, 1.807) is 37.6 Å². The number of nitrogens with one attached hydrogen (secondary N) is 1. The van der Waals surface area contributed by atoms with Crippen molar-refractivity contribution in [2.24, 2.45) is 5.10 Å². The summed E-state index contributed by atoms with van der Waals surface area (Å²) in [6.07, 6.45) is 8.78. The highest BCUT2D eigenvalue weighted by Gasteiger charge is 2.18. The van der Waals surface area contributed by atoms with Gasteiger partial charge in [0, 0.05) is 42.3 Å². The van der Waals surface area contributed by atoms with Crippen LogP contribution >= 0.6 is 0 Å². The van der Waals surface area contributed by atoms with Crippen molar-refractivity contribution in [1.82, 2.24) is 14.9 Å². The molecule has 1 N–H and O–H groups in total. The number of hydrazone groups is 1. The third kappa shape index (κ3) is 6.58. The number of hydrogen-bond donors (Lipinski definition) is 1. The smallest absolute Gasteiger partial charge is 0.271 e. The molecule has 1 aliphatic heterocycles. The molecule has 1 aromatic heterocycles. The summed E-state index contributed by atoms with van der Waals surface area (Å²) in [5.74, 6) is 0.923. The molecular weight excluding hydrogens is 504 g/mol. The number of ether oxygens (including phenoxy) is 2. The molecule has 1 fully saturated rings. The highest BCUT2D eigenvalue weighted by atomic mass is 16.5. The molecule has 0 atom stereocenters. The van der Waals surface area contributed by atoms with E-state index in [-0.39, 0.29) is 11.8 Å². The van der Waals surface area contributed by atoms with E-state index < -0.39 is 0 Å². The maximum Gasteiger partial charge on any atom is 0.271 e. The number of benzene rings is 3. The van der Waals surface area contributed by atoms with E-state index in [0.717, 1.165) is 42.7 Å². The van der Waals surface area contributed by atoms with Crippen molar-refractivity contribution in [1.29, 1.82) is 0 Å². The summed E-state index contributed by atoms with van der Waals surface area (Å²) in [6, 6.07) is 24.2. The van der Waals surface area contributed by atoms with Crippen molar-refractivity contribution in [3.05, 3.63) is 114 Å². The monoisotopic (exact) mass is 536 g/mol. The molecule has 204 valence electrons. The van der Waals surface area contributed by atoms with Crippen LogP contribution < -0.4 is 14.9 Å². The summed E-state index contributed by atoms with van der Waals surface area (Å²) in [5.41, 5.74) is 6.44. The van der Waals surface area contributed by atoms with Gasteiger partial charge in [-0.2, -0.15) is 5.10 Å². The first kappa shape index (κ1) is 26.7. The zero-order valence-electron chi connectivity index (χ0n) is 22.5. The average molecular weight is 537 g/mol. The number of carbonyl (C=O) groups excluding carboxylic acids is 2. The van der Waals surface area contributed by atoms with Gasteiger partial charge in [-0.3, -0.25) is 9.59 Å². The molecule has 0 radical (unpaired) electrons. The van der Waals surface area contributed by atoms with Crippen LogP contribution in [0.25, 0.3) is 5.69 Å². The maximum atomic E-state index is 12.7. The second-order valence-corrected chi connectivity index (χ2v) is 9.59. The minimum atomic E-state index is -0.300. The van der Waals surface area contributed by atoms with Crippen LogP contribution in [0.3, 0.4) is 0 Å². The summed E-state index contributed by atoms with van der Waals surface area (Å²) in [6.45, 7) is 2.00. The molecule has 0 unspecified atom stereocenters. The van der Waals surface area contributed by atoms with Gasteiger partial charge in [0.1, 0.15) is 6.61 Å². The molecule has 8 heteroatoms. The van der Waals surface area contributed by atoms with Gasteiger partial charge < -0.3 is 18.9 Å². The zero-order chi connectivity index (χ0) is 27.7. The normalized spacial score (nSPS) is 13.3. The van der Waals surface area contributed by atoms with Gasteiger partial charge in [-0.15, -0.1) is 0 Å². The summed E-state index contributed by atoms with van der Waals surface area (Å²) >= 11 is 0. The first-order chi connectivity index (χ1) is 19.6. The maximum absolute atomic E-state index is 12.7. The van der Waals surface area contributed by atoms with Crippen LogP contribution in [-0.4, -0.2) is 47.7 Å². The molecule has 1 aliphatic rings. The molecule has 3 aromatic carbocycles. The number of aromatic nitrogens is 1. The molecule has 2 heterocycles. The van der Waals surface area contributed by atoms with Crippen LogP contribution in [0.4, 0.5) is 0 Å². The molecule has 0 saturated carbocycles. The van der Waals surface area contributed by atoms with Crippen molar-refractivity contribution in [2.75, 3.05) is 20.2 Å². The number of rotatable bonds is 9. The van der Waals surface area contributed by atoms with Gasteiger partial charge in [0.15, 0.2) is 11.5 Å². The Bertz CT molecular complexity index is 1460. The Balaban J connectivity index is 1.14. The SMILES string of the molecule is COc1cc(/C=N/NC(=O)c2ccc(-n3cccc3)cc2)ccc1OCc1ccc(C(=O)N2CCCCC2)cc1. The fourth-order valence-electron chi connectivity index (χ4n) is 4.59. The lowest BCUT2D eigenvalue weighted by Crippen LogP contribution is -2.35. The highest BCUT2D eigenvalue weighted by molar-refractivity contribution is 5.95. The second-order valence-electron chi connectivity index (χ2n) is 9.59. The van der Waals surface area contributed by atoms with Gasteiger partial charge >= 0.3 is 0 Å². The first-order valence-corrected chi connectivity index (χ1v) is 13.4. The third-order valence-corrected chi connectivity index (χ3v) is 6.84. The molecular formula is C32H32N4O4. The first-order valence-electron chi connectivity index (χ1n) is 13.4. The van der Waals surface area contributed by atoms with Crippen LogP contribution in [0.15, 0.2) is 96.4 Å². The van der Waals surface area contributed by atoms with E-state index in [4.69, 9.17) is 9.47 Å². The predicted molar refractivity (Wildman–Crippen MR) is 154 cm³/mol. The zero-order valence-corrected chi connectivity index (χ0v) is 22.5. The van der Waals surface area contributed by atoms with E-state index in [9.17, 15) is 9.59 Å². The van der Waals surface area contributed by atoms with Crippen LogP contribution in [0.2, 0.25) is 0 Å². The molecule has 4 aromatic rings. The Kier molecular flexibility index (Phi) is 8.56. The summed E-state index contributed by atoms with van der Waals surface area (Å²) in [7, 11) is 1.57. The van der Waals surface area contributed by atoms with E-state index >= 15 is 0 Å². The van der Waals surface area contributed by atoms with Gasteiger partial charge in [-0.05, 0) is 97.1 Å². The molecule has 0 spiro atoms. The quantitative estimate of drug-likeness (QED) is 0.228. The molecule has 1 saturated heterocycles. The van der Waals surface area contributed by atoms with Crippen molar-refractivity contribution in [2.45, 2.75) is 25.9 Å². The molecule has 0 aliphatic carbocycles. The minimum absolute atomic E-state index is 0.0908. The predicted octanol–water partition coefficient (Wildman–Crippen LogP) is 5.45. The Morgan fingerprint density at radius 2 is 1.57 bits per heavy atom. The van der Waals surface area contributed by atoms with Gasteiger partial charge in [0.2, 0.25) is 0 Å². The lowest BCUT2D eigenvalue weighted by molar-refractivity contribution is 0.0724. The summed E-state index contributed by atoms with van der Waals surface area (Å²) in [5, 5.41) is 4.09. The average Bonchev–Trinajstić information content (AvgIpc) is 3.56. The second kappa shape index (κ2) is 12.8. The van der Waals surface area contributed by atoms with Crippen molar-refractivity contribution >= 4 is 18.0 Å². The van der Waals surface area contributed by atoms with E-state index in [1.807, 2.05) is 76.5 Å². The third-order valence-electron chi connectivity index (χ3n) is 6.84. The molecule has 40 heavy (non-hydrogen) atoms. The lowest BCUT2D eigenvalue weighted by atomic mass is 10.1. The number of methoxy groups -OCH3 is 1. The fraction of sp³-hybridized carbons (Fsp3) is 0.219. The number of hydrogen-bond acceptors (Lipinski definition) is 5. The largest absolute Gasteiger partial charge is 0.493 e. The molecule has 5 rings (SSSR count). The topological polar surface area (TPSA) is 85.2 Å².